The number of nitrogens with one attached hydrogen (secondary N) is 1. The predicted octanol–water partition coefficient (Wildman–Crippen LogP) is 1.17. The highest BCUT2D eigenvalue weighted by molar-refractivity contribution is 7.91. The third-order valence-electron chi connectivity index (χ3n) is 3.48. The molecule has 1 unspecified atom stereocenters. The summed E-state index contributed by atoms with van der Waals surface area (Å²) < 4.78 is 27.5. The van der Waals surface area contributed by atoms with Gasteiger partial charge in [0.25, 0.3) is 5.91 Å². The SMILES string of the molecule is CC(COC(=O)c1ccc(C(=O)NC2CC2)cc1)S(C)(=O)=O. The molecule has 1 aromatic rings. The molecule has 0 heterocycles. The van der Waals surface area contributed by atoms with E-state index in [0.717, 1.165) is 19.1 Å². The van der Waals surface area contributed by atoms with E-state index in [1.54, 1.807) is 12.1 Å². The quantitative estimate of drug-likeness (QED) is 0.793. The van der Waals surface area contributed by atoms with Crippen LogP contribution in [0.15, 0.2) is 24.3 Å². The predicted molar refractivity (Wildman–Crippen MR) is 81.5 cm³/mol. The molecule has 1 aliphatic rings. The summed E-state index contributed by atoms with van der Waals surface area (Å²) in [5.41, 5.74) is 0.761. The van der Waals surface area contributed by atoms with E-state index in [2.05, 4.69) is 5.32 Å². The number of carbonyl (C=O) groups is 2. The summed E-state index contributed by atoms with van der Waals surface area (Å²) in [4.78, 5) is 23.6. The van der Waals surface area contributed by atoms with E-state index < -0.39 is 21.1 Å². The summed E-state index contributed by atoms with van der Waals surface area (Å²) in [6.45, 7) is 1.29. The highest BCUT2D eigenvalue weighted by Crippen LogP contribution is 2.19. The first kappa shape index (κ1) is 16.5. The van der Waals surface area contributed by atoms with Crippen molar-refractivity contribution in [3.63, 3.8) is 0 Å². The average Bonchev–Trinajstić information content (AvgIpc) is 3.27. The highest BCUT2D eigenvalue weighted by Gasteiger charge is 2.24. The zero-order valence-electron chi connectivity index (χ0n) is 12.5. The molecule has 120 valence electrons. The number of benzene rings is 1. The van der Waals surface area contributed by atoms with Gasteiger partial charge in [-0.15, -0.1) is 0 Å². The number of rotatable bonds is 6. The summed E-state index contributed by atoms with van der Waals surface area (Å²) in [5.74, 6) is -0.766. The fourth-order valence-corrected chi connectivity index (χ4v) is 1.97. The normalized spacial score (nSPS) is 15.9. The lowest BCUT2D eigenvalue weighted by Gasteiger charge is -2.10. The van der Waals surface area contributed by atoms with Crippen molar-refractivity contribution in [3.05, 3.63) is 35.4 Å². The third-order valence-corrected chi connectivity index (χ3v) is 5.07. The maximum Gasteiger partial charge on any atom is 0.338 e. The van der Waals surface area contributed by atoms with Gasteiger partial charge < -0.3 is 10.1 Å². The minimum Gasteiger partial charge on any atom is -0.461 e. The van der Waals surface area contributed by atoms with Crippen LogP contribution in [0.1, 0.15) is 40.5 Å². The second-order valence-electron chi connectivity index (χ2n) is 5.56. The number of hydrogen-bond donors (Lipinski definition) is 1. The van der Waals surface area contributed by atoms with Crippen molar-refractivity contribution in [1.82, 2.24) is 5.32 Å². The molecule has 22 heavy (non-hydrogen) atoms. The molecular formula is C15H19NO5S. The van der Waals surface area contributed by atoms with Gasteiger partial charge >= 0.3 is 5.97 Å². The van der Waals surface area contributed by atoms with E-state index in [1.165, 1.54) is 19.1 Å². The van der Waals surface area contributed by atoms with Gasteiger partial charge in [-0.25, -0.2) is 13.2 Å². The molecular weight excluding hydrogens is 306 g/mol. The maximum atomic E-state index is 11.8. The number of ether oxygens (including phenoxy) is 1. The van der Waals surface area contributed by atoms with Gasteiger partial charge in [0.15, 0.2) is 9.84 Å². The molecule has 0 spiro atoms. The van der Waals surface area contributed by atoms with Gasteiger partial charge in [0.1, 0.15) is 6.61 Å². The van der Waals surface area contributed by atoms with Gasteiger partial charge in [0.05, 0.1) is 10.8 Å². The lowest BCUT2D eigenvalue weighted by atomic mass is 10.1. The molecule has 1 saturated carbocycles. The number of hydrogen-bond acceptors (Lipinski definition) is 5. The summed E-state index contributed by atoms with van der Waals surface area (Å²) in [5, 5.41) is 2.10. The largest absolute Gasteiger partial charge is 0.461 e. The van der Waals surface area contributed by atoms with E-state index >= 15 is 0 Å². The molecule has 1 N–H and O–H groups in total. The van der Waals surface area contributed by atoms with Crippen molar-refractivity contribution in [3.8, 4) is 0 Å². The summed E-state index contributed by atoms with van der Waals surface area (Å²) in [6.07, 6.45) is 3.11. The van der Waals surface area contributed by atoms with Crippen LogP contribution in [0, 0.1) is 0 Å². The Hall–Kier alpha value is -1.89. The zero-order valence-corrected chi connectivity index (χ0v) is 13.4. The van der Waals surface area contributed by atoms with Crippen LogP contribution >= 0.6 is 0 Å². The van der Waals surface area contributed by atoms with E-state index in [1.807, 2.05) is 0 Å². The number of esters is 1. The van der Waals surface area contributed by atoms with E-state index in [-0.39, 0.29) is 24.1 Å². The van der Waals surface area contributed by atoms with Gasteiger partial charge in [-0.2, -0.15) is 0 Å². The van der Waals surface area contributed by atoms with Crippen LogP contribution in [-0.2, 0) is 14.6 Å². The topological polar surface area (TPSA) is 89.5 Å². The number of sulfone groups is 1. The van der Waals surface area contributed by atoms with Gasteiger partial charge in [0.2, 0.25) is 0 Å². The summed E-state index contributed by atoms with van der Waals surface area (Å²) >= 11 is 0. The van der Waals surface area contributed by atoms with Gasteiger partial charge in [-0.3, -0.25) is 4.79 Å². The number of amides is 1. The standard InChI is InChI=1S/C15H19NO5S/c1-10(22(2,19)20)9-21-15(18)12-5-3-11(4-6-12)14(17)16-13-7-8-13/h3-6,10,13H,7-9H2,1-2H3,(H,16,17). The Bertz CT molecular complexity index is 662. The first-order chi connectivity index (χ1) is 10.3. The molecule has 7 heteroatoms. The zero-order chi connectivity index (χ0) is 16.3. The fraction of sp³-hybridized carbons (Fsp3) is 0.467. The molecule has 1 aromatic carbocycles. The van der Waals surface area contributed by atoms with Crippen LogP contribution in [0.3, 0.4) is 0 Å². The van der Waals surface area contributed by atoms with Crippen molar-refractivity contribution >= 4 is 21.7 Å². The summed E-state index contributed by atoms with van der Waals surface area (Å²) in [7, 11) is -3.23. The Morgan fingerprint density at radius 1 is 1.23 bits per heavy atom. The monoisotopic (exact) mass is 325 g/mol. The van der Waals surface area contributed by atoms with Crippen LogP contribution in [0.5, 0.6) is 0 Å². The van der Waals surface area contributed by atoms with Crippen molar-refractivity contribution in [2.75, 3.05) is 12.9 Å². The van der Waals surface area contributed by atoms with Gasteiger partial charge in [0, 0.05) is 17.9 Å². The lowest BCUT2D eigenvalue weighted by Crippen LogP contribution is -2.25. The summed E-state index contributed by atoms with van der Waals surface area (Å²) in [6, 6.07) is 6.36. The first-order valence-corrected chi connectivity index (χ1v) is 9.00. The molecule has 1 atom stereocenters. The van der Waals surface area contributed by atoms with Gasteiger partial charge in [-0.05, 0) is 44.0 Å². The molecule has 0 aromatic heterocycles. The smallest absolute Gasteiger partial charge is 0.338 e. The molecule has 1 amide bonds. The third kappa shape index (κ3) is 4.56. The van der Waals surface area contributed by atoms with Crippen LogP contribution in [-0.4, -0.2) is 44.4 Å². The second-order valence-corrected chi connectivity index (χ2v) is 8.03. The van der Waals surface area contributed by atoms with E-state index in [0.29, 0.717) is 5.56 Å². The lowest BCUT2D eigenvalue weighted by molar-refractivity contribution is 0.0508. The van der Waals surface area contributed by atoms with Crippen LogP contribution in [0.2, 0.25) is 0 Å². The van der Waals surface area contributed by atoms with Crippen LogP contribution in [0.4, 0.5) is 0 Å². The number of carbonyl (C=O) groups excluding carboxylic acids is 2. The molecule has 2 rings (SSSR count). The van der Waals surface area contributed by atoms with Crippen molar-refractivity contribution < 1.29 is 22.7 Å². The minimum absolute atomic E-state index is 0.159. The molecule has 0 saturated heterocycles. The molecule has 6 nitrogen and oxygen atoms in total. The molecule has 0 radical (unpaired) electrons. The Kier molecular flexibility index (Phi) is 4.85. The van der Waals surface area contributed by atoms with Crippen molar-refractivity contribution in [1.29, 1.82) is 0 Å². The molecule has 0 aliphatic heterocycles. The first-order valence-electron chi connectivity index (χ1n) is 7.04. The molecule has 0 bridgehead atoms. The Morgan fingerprint density at radius 3 is 2.27 bits per heavy atom. The van der Waals surface area contributed by atoms with Gasteiger partial charge in [-0.1, -0.05) is 0 Å². The Balaban J connectivity index is 1.91. The van der Waals surface area contributed by atoms with Crippen molar-refractivity contribution in [2.24, 2.45) is 0 Å². The highest BCUT2D eigenvalue weighted by atomic mass is 32.2. The van der Waals surface area contributed by atoms with E-state index in [9.17, 15) is 18.0 Å². The van der Waals surface area contributed by atoms with Crippen molar-refractivity contribution in [2.45, 2.75) is 31.1 Å². The van der Waals surface area contributed by atoms with E-state index in [4.69, 9.17) is 4.74 Å². The fourth-order valence-electron chi connectivity index (χ4n) is 1.65. The molecule has 1 fully saturated rings. The maximum absolute atomic E-state index is 11.8. The molecule has 1 aliphatic carbocycles. The second kappa shape index (κ2) is 6.48. The Labute approximate surface area is 129 Å². The minimum atomic E-state index is -3.23. The van der Waals surface area contributed by atoms with Crippen LogP contribution < -0.4 is 5.32 Å². The average molecular weight is 325 g/mol. The van der Waals surface area contributed by atoms with Crippen LogP contribution in [0.25, 0.3) is 0 Å². The Morgan fingerprint density at radius 2 is 1.77 bits per heavy atom.